The molecule has 3 rings (SSSR count). The van der Waals surface area contributed by atoms with Gasteiger partial charge in [0.05, 0.1) is 16.1 Å². The average Bonchev–Trinajstić information content (AvgIpc) is 2.86. The number of anilines is 1. The van der Waals surface area contributed by atoms with E-state index in [1.54, 1.807) is 0 Å². The van der Waals surface area contributed by atoms with E-state index in [1.807, 2.05) is 6.07 Å². The zero-order valence-corrected chi connectivity index (χ0v) is 11.2. The Morgan fingerprint density at radius 2 is 2.00 bits per heavy atom. The SMILES string of the molecule is Fc1cc(F)c(F)c(NC2CCc3sc(Cl)cc32)c1. The van der Waals surface area contributed by atoms with Gasteiger partial charge in [-0.2, -0.15) is 0 Å². The van der Waals surface area contributed by atoms with Gasteiger partial charge in [0, 0.05) is 17.0 Å². The Morgan fingerprint density at radius 1 is 1.21 bits per heavy atom. The maximum atomic E-state index is 13.6. The van der Waals surface area contributed by atoms with Crippen molar-refractivity contribution in [3.8, 4) is 0 Å². The molecule has 0 radical (unpaired) electrons. The molecule has 1 heterocycles. The van der Waals surface area contributed by atoms with Crippen LogP contribution in [-0.2, 0) is 6.42 Å². The highest BCUT2D eigenvalue weighted by Crippen LogP contribution is 2.41. The van der Waals surface area contributed by atoms with Crippen molar-refractivity contribution in [2.24, 2.45) is 0 Å². The first-order valence-electron chi connectivity index (χ1n) is 5.74. The predicted molar refractivity (Wildman–Crippen MR) is 70.3 cm³/mol. The summed E-state index contributed by atoms with van der Waals surface area (Å²) in [6.07, 6.45) is 1.60. The number of benzene rings is 1. The molecule has 0 saturated heterocycles. The predicted octanol–water partition coefficient (Wildman–Crippen LogP) is 4.92. The summed E-state index contributed by atoms with van der Waals surface area (Å²) in [5.74, 6) is -3.05. The number of fused-ring (bicyclic) bond motifs is 1. The van der Waals surface area contributed by atoms with E-state index in [0.29, 0.717) is 10.4 Å². The van der Waals surface area contributed by atoms with Crippen LogP contribution in [0.15, 0.2) is 18.2 Å². The van der Waals surface area contributed by atoms with Crippen molar-refractivity contribution in [2.45, 2.75) is 18.9 Å². The van der Waals surface area contributed by atoms with Crippen LogP contribution < -0.4 is 5.32 Å². The Hall–Kier alpha value is -1.20. The summed E-state index contributed by atoms with van der Waals surface area (Å²) in [7, 11) is 0. The van der Waals surface area contributed by atoms with Crippen molar-refractivity contribution in [3.05, 3.63) is 50.4 Å². The highest BCUT2D eigenvalue weighted by atomic mass is 35.5. The zero-order chi connectivity index (χ0) is 13.6. The van der Waals surface area contributed by atoms with Crippen molar-refractivity contribution in [1.82, 2.24) is 0 Å². The number of halogens is 4. The molecule has 1 atom stereocenters. The molecule has 1 nitrogen and oxygen atoms in total. The normalized spacial score (nSPS) is 17.6. The second-order valence-electron chi connectivity index (χ2n) is 4.41. The van der Waals surface area contributed by atoms with Crippen LogP contribution >= 0.6 is 22.9 Å². The molecule has 1 aliphatic carbocycles. The lowest BCUT2D eigenvalue weighted by Gasteiger charge is -2.15. The summed E-state index contributed by atoms with van der Waals surface area (Å²) in [5, 5.41) is 2.85. The first-order chi connectivity index (χ1) is 9.04. The highest BCUT2D eigenvalue weighted by molar-refractivity contribution is 7.16. The molecule has 0 aliphatic heterocycles. The number of nitrogens with one attached hydrogen (secondary N) is 1. The Balaban J connectivity index is 1.91. The van der Waals surface area contributed by atoms with E-state index in [2.05, 4.69) is 5.32 Å². The number of aryl methyl sites for hydroxylation is 1. The Bertz CT molecular complexity index is 641. The van der Waals surface area contributed by atoms with Crippen molar-refractivity contribution in [2.75, 3.05) is 5.32 Å². The van der Waals surface area contributed by atoms with Crippen LogP contribution in [0, 0.1) is 17.5 Å². The third-order valence-corrected chi connectivity index (χ3v) is 4.51. The zero-order valence-electron chi connectivity index (χ0n) is 9.64. The van der Waals surface area contributed by atoms with Gasteiger partial charge in [-0.25, -0.2) is 13.2 Å². The summed E-state index contributed by atoms with van der Waals surface area (Å²) >= 11 is 7.41. The molecule has 0 amide bonds. The molecular weight excluding hydrogens is 295 g/mol. The fourth-order valence-corrected chi connectivity index (χ4v) is 3.69. The number of hydrogen-bond donors (Lipinski definition) is 1. The Labute approximate surface area is 117 Å². The maximum absolute atomic E-state index is 13.6. The van der Waals surface area contributed by atoms with E-state index in [-0.39, 0.29) is 11.7 Å². The van der Waals surface area contributed by atoms with Crippen molar-refractivity contribution < 1.29 is 13.2 Å². The average molecular weight is 304 g/mol. The molecule has 6 heteroatoms. The van der Waals surface area contributed by atoms with Crippen LogP contribution in [0.5, 0.6) is 0 Å². The van der Waals surface area contributed by atoms with Gasteiger partial charge in [-0.3, -0.25) is 0 Å². The van der Waals surface area contributed by atoms with E-state index < -0.39 is 17.5 Å². The molecule has 0 bridgehead atoms. The quantitative estimate of drug-likeness (QED) is 0.777. The van der Waals surface area contributed by atoms with Crippen LogP contribution in [-0.4, -0.2) is 0 Å². The topological polar surface area (TPSA) is 12.0 Å². The molecule has 100 valence electrons. The molecule has 1 aliphatic rings. The number of thiophene rings is 1. The van der Waals surface area contributed by atoms with Gasteiger partial charge in [0.25, 0.3) is 0 Å². The first kappa shape index (κ1) is 12.8. The summed E-state index contributed by atoms with van der Waals surface area (Å²) in [5.41, 5.74) is 0.830. The number of rotatable bonds is 2. The molecule has 0 spiro atoms. The minimum atomic E-state index is -1.19. The van der Waals surface area contributed by atoms with E-state index >= 15 is 0 Å². The summed E-state index contributed by atoms with van der Waals surface area (Å²) in [4.78, 5) is 1.14. The van der Waals surface area contributed by atoms with Crippen molar-refractivity contribution in [3.63, 3.8) is 0 Å². The first-order valence-corrected chi connectivity index (χ1v) is 6.93. The van der Waals surface area contributed by atoms with Gasteiger partial charge in [0.2, 0.25) is 0 Å². The largest absolute Gasteiger partial charge is 0.376 e. The monoisotopic (exact) mass is 303 g/mol. The van der Waals surface area contributed by atoms with E-state index in [0.717, 1.165) is 29.3 Å². The third-order valence-electron chi connectivity index (χ3n) is 3.17. The molecular formula is C13H9ClF3NS. The van der Waals surface area contributed by atoms with Crippen LogP contribution in [0.2, 0.25) is 4.34 Å². The van der Waals surface area contributed by atoms with Gasteiger partial charge in [-0.1, -0.05) is 11.6 Å². The van der Waals surface area contributed by atoms with Gasteiger partial charge in [-0.15, -0.1) is 11.3 Å². The second-order valence-corrected chi connectivity index (χ2v) is 6.18. The minimum absolute atomic E-state index is 0.155. The molecule has 0 saturated carbocycles. The molecule has 0 fully saturated rings. The fraction of sp³-hybridized carbons (Fsp3) is 0.231. The summed E-state index contributed by atoms with van der Waals surface area (Å²) < 4.78 is 40.5. The Morgan fingerprint density at radius 3 is 2.79 bits per heavy atom. The molecule has 19 heavy (non-hydrogen) atoms. The maximum Gasteiger partial charge on any atom is 0.182 e. The minimum Gasteiger partial charge on any atom is -0.376 e. The molecule has 1 unspecified atom stereocenters. The van der Waals surface area contributed by atoms with Crippen LogP contribution in [0.25, 0.3) is 0 Å². The van der Waals surface area contributed by atoms with E-state index in [1.165, 1.54) is 11.3 Å². The van der Waals surface area contributed by atoms with E-state index in [9.17, 15) is 13.2 Å². The summed E-state index contributed by atoms with van der Waals surface area (Å²) in [6, 6.07) is 3.15. The van der Waals surface area contributed by atoms with Crippen LogP contribution in [0.3, 0.4) is 0 Å². The molecule has 1 aromatic carbocycles. The van der Waals surface area contributed by atoms with Crippen LogP contribution in [0.1, 0.15) is 22.9 Å². The lowest BCUT2D eigenvalue weighted by Crippen LogP contribution is -2.09. The smallest absolute Gasteiger partial charge is 0.182 e. The van der Waals surface area contributed by atoms with Gasteiger partial charge in [-0.05, 0) is 24.5 Å². The van der Waals surface area contributed by atoms with E-state index in [4.69, 9.17) is 11.6 Å². The van der Waals surface area contributed by atoms with Crippen LogP contribution in [0.4, 0.5) is 18.9 Å². The number of hydrogen-bond acceptors (Lipinski definition) is 2. The van der Waals surface area contributed by atoms with Crippen molar-refractivity contribution in [1.29, 1.82) is 0 Å². The van der Waals surface area contributed by atoms with Gasteiger partial charge in [0.1, 0.15) is 5.82 Å². The fourth-order valence-electron chi connectivity index (χ4n) is 2.33. The molecule has 1 N–H and O–H groups in total. The Kier molecular flexibility index (Phi) is 3.19. The lowest BCUT2D eigenvalue weighted by molar-refractivity contribution is 0.496. The second kappa shape index (κ2) is 4.72. The molecule has 2 aromatic rings. The standard InChI is InChI=1S/C13H9ClF3NS/c14-12-5-7-9(1-2-11(7)19-12)18-10-4-6(15)3-8(16)13(10)17/h3-5,9,18H,1-2H2. The summed E-state index contributed by atoms with van der Waals surface area (Å²) in [6.45, 7) is 0. The molecule has 1 aromatic heterocycles. The lowest BCUT2D eigenvalue weighted by atomic mass is 10.1. The highest BCUT2D eigenvalue weighted by Gasteiger charge is 2.26. The van der Waals surface area contributed by atoms with Crippen molar-refractivity contribution >= 4 is 28.6 Å². The third kappa shape index (κ3) is 2.32. The van der Waals surface area contributed by atoms with Gasteiger partial charge in [0.15, 0.2) is 11.6 Å². The van der Waals surface area contributed by atoms with Gasteiger partial charge >= 0.3 is 0 Å². The van der Waals surface area contributed by atoms with Gasteiger partial charge < -0.3 is 5.32 Å².